The van der Waals surface area contributed by atoms with Gasteiger partial charge in [-0.15, -0.1) is 10.2 Å². The number of aromatic nitrogens is 5. The summed E-state index contributed by atoms with van der Waals surface area (Å²) in [6.45, 7) is 3.96. The maximum Gasteiger partial charge on any atom is 0.196 e. The Morgan fingerprint density at radius 3 is 2.77 bits per heavy atom. The van der Waals surface area contributed by atoms with Crippen molar-refractivity contribution in [2.75, 3.05) is 7.11 Å². The predicted molar refractivity (Wildman–Crippen MR) is 115 cm³/mol. The largest absolute Gasteiger partial charge is 0.495 e. The van der Waals surface area contributed by atoms with E-state index in [0.29, 0.717) is 11.6 Å². The van der Waals surface area contributed by atoms with Crippen molar-refractivity contribution in [2.45, 2.75) is 19.8 Å². The van der Waals surface area contributed by atoms with Gasteiger partial charge >= 0.3 is 0 Å². The van der Waals surface area contributed by atoms with Crippen LogP contribution in [0.15, 0.2) is 48.8 Å². The summed E-state index contributed by atoms with van der Waals surface area (Å²) >= 11 is 1.35. The number of fused-ring (bicyclic) bond motifs is 2. The summed E-state index contributed by atoms with van der Waals surface area (Å²) < 4.78 is 26.1. The Hall–Kier alpha value is -3.39. The number of hydrogen-bond acceptors (Lipinski definition) is 6. The Morgan fingerprint density at radius 2 is 2.00 bits per heavy atom. The standard InChI is InChI=1S/C22H18FN5OS/c1-12-6-20(30-27-12)16-9-18(23)22-26-25-21(28(22)11-16)13(2)14-4-5-19-15(7-14)8-17(29-3)10-24-19/h4-11,13H,1-3H3/t13-/m1/s1. The first-order valence-electron chi connectivity index (χ1n) is 9.45. The fourth-order valence-corrected chi connectivity index (χ4v) is 4.30. The molecule has 5 aromatic rings. The number of nitrogens with zero attached hydrogens (tertiary/aromatic N) is 5. The van der Waals surface area contributed by atoms with Crippen LogP contribution in [0.1, 0.15) is 29.9 Å². The summed E-state index contributed by atoms with van der Waals surface area (Å²) in [6.07, 6.45) is 3.58. The first-order valence-corrected chi connectivity index (χ1v) is 10.2. The lowest BCUT2D eigenvalue weighted by atomic mass is 9.98. The van der Waals surface area contributed by atoms with Gasteiger partial charge in [-0.1, -0.05) is 13.0 Å². The molecular formula is C22H18FN5OS. The molecule has 0 aliphatic carbocycles. The van der Waals surface area contributed by atoms with E-state index in [1.165, 1.54) is 17.6 Å². The van der Waals surface area contributed by atoms with Gasteiger partial charge in [-0.25, -0.2) is 4.39 Å². The van der Waals surface area contributed by atoms with Crippen LogP contribution in [-0.4, -0.2) is 31.1 Å². The van der Waals surface area contributed by atoms with Crippen LogP contribution in [0.4, 0.5) is 4.39 Å². The number of ether oxygens (including phenoxy) is 1. The first-order chi connectivity index (χ1) is 14.5. The number of pyridine rings is 2. The highest BCUT2D eigenvalue weighted by atomic mass is 32.1. The molecule has 5 rings (SSSR count). The Labute approximate surface area is 176 Å². The van der Waals surface area contributed by atoms with Crippen LogP contribution in [0, 0.1) is 12.7 Å². The molecule has 0 spiro atoms. The van der Waals surface area contributed by atoms with Gasteiger partial charge in [0.25, 0.3) is 0 Å². The SMILES string of the molecule is COc1cnc2ccc([C@@H](C)c3nnc4c(F)cc(-c5cc(C)ns5)cn34)cc2c1. The van der Waals surface area contributed by atoms with Gasteiger partial charge in [-0.3, -0.25) is 9.38 Å². The molecule has 0 saturated carbocycles. The zero-order chi connectivity index (χ0) is 20.8. The van der Waals surface area contributed by atoms with E-state index in [0.717, 1.165) is 32.6 Å². The van der Waals surface area contributed by atoms with Crippen molar-refractivity contribution in [3.63, 3.8) is 0 Å². The van der Waals surface area contributed by atoms with E-state index in [-0.39, 0.29) is 11.6 Å². The number of aryl methyl sites for hydroxylation is 1. The lowest BCUT2D eigenvalue weighted by molar-refractivity contribution is 0.414. The van der Waals surface area contributed by atoms with E-state index in [9.17, 15) is 4.39 Å². The number of methoxy groups -OCH3 is 1. The van der Waals surface area contributed by atoms with Crippen molar-refractivity contribution >= 4 is 28.1 Å². The third kappa shape index (κ3) is 3.09. The molecule has 0 N–H and O–H groups in total. The lowest BCUT2D eigenvalue weighted by Gasteiger charge is -2.12. The van der Waals surface area contributed by atoms with Gasteiger partial charge in [0.1, 0.15) is 11.6 Å². The molecule has 0 bridgehead atoms. The van der Waals surface area contributed by atoms with Gasteiger partial charge in [0.15, 0.2) is 11.5 Å². The molecule has 150 valence electrons. The normalized spacial score (nSPS) is 12.5. The molecule has 0 radical (unpaired) electrons. The fraction of sp³-hybridized carbons (Fsp3) is 0.182. The number of rotatable bonds is 4. The van der Waals surface area contributed by atoms with Crippen molar-refractivity contribution in [1.82, 2.24) is 24.0 Å². The van der Waals surface area contributed by atoms with Crippen molar-refractivity contribution in [2.24, 2.45) is 0 Å². The maximum absolute atomic E-state index is 14.7. The van der Waals surface area contributed by atoms with Crippen molar-refractivity contribution < 1.29 is 9.13 Å². The zero-order valence-corrected chi connectivity index (χ0v) is 17.4. The van der Waals surface area contributed by atoms with E-state index in [4.69, 9.17) is 4.74 Å². The van der Waals surface area contributed by atoms with Gasteiger partial charge in [-0.2, -0.15) is 4.37 Å². The van der Waals surface area contributed by atoms with Gasteiger partial charge in [0.2, 0.25) is 0 Å². The van der Waals surface area contributed by atoms with E-state index < -0.39 is 5.82 Å². The molecule has 1 atom stereocenters. The first kappa shape index (κ1) is 18.6. The molecular weight excluding hydrogens is 401 g/mol. The molecule has 0 amide bonds. The minimum absolute atomic E-state index is 0.103. The number of halogens is 1. The van der Waals surface area contributed by atoms with E-state index in [1.807, 2.05) is 44.3 Å². The summed E-state index contributed by atoms with van der Waals surface area (Å²) in [5.41, 5.74) is 3.79. The Balaban J connectivity index is 1.61. The van der Waals surface area contributed by atoms with E-state index in [2.05, 4.69) is 25.6 Å². The summed E-state index contributed by atoms with van der Waals surface area (Å²) in [5.74, 6) is 0.861. The maximum atomic E-state index is 14.7. The van der Waals surface area contributed by atoms with Gasteiger partial charge < -0.3 is 4.74 Å². The molecule has 30 heavy (non-hydrogen) atoms. The highest BCUT2D eigenvalue weighted by Gasteiger charge is 2.19. The molecule has 4 aromatic heterocycles. The topological polar surface area (TPSA) is 65.2 Å². The molecule has 4 heterocycles. The Kier molecular flexibility index (Phi) is 4.43. The van der Waals surface area contributed by atoms with Gasteiger partial charge in [0, 0.05) is 23.1 Å². The van der Waals surface area contributed by atoms with Crippen LogP contribution in [0.2, 0.25) is 0 Å². The van der Waals surface area contributed by atoms with Crippen LogP contribution >= 0.6 is 11.5 Å². The van der Waals surface area contributed by atoms with Crippen LogP contribution in [0.5, 0.6) is 5.75 Å². The van der Waals surface area contributed by atoms with Gasteiger partial charge in [-0.05, 0) is 54.4 Å². The summed E-state index contributed by atoms with van der Waals surface area (Å²) in [5, 5.41) is 9.37. The minimum Gasteiger partial charge on any atom is -0.495 e. The van der Waals surface area contributed by atoms with E-state index in [1.54, 1.807) is 17.7 Å². The van der Waals surface area contributed by atoms with Crippen LogP contribution in [0.25, 0.3) is 27.0 Å². The van der Waals surface area contributed by atoms with Crippen LogP contribution in [-0.2, 0) is 0 Å². The molecule has 8 heteroatoms. The summed E-state index contributed by atoms with van der Waals surface area (Å²) in [4.78, 5) is 5.32. The molecule has 0 unspecified atom stereocenters. The lowest BCUT2D eigenvalue weighted by Crippen LogP contribution is -2.03. The molecule has 1 aromatic carbocycles. The quantitative estimate of drug-likeness (QED) is 0.410. The fourth-order valence-electron chi connectivity index (χ4n) is 3.56. The predicted octanol–water partition coefficient (Wildman–Crippen LogP) is 5.01. The van der Waals surface area contributed by atoms with Gasteiger partial charge in [0.05, 0.1) is 29.4 Å². The summed E-state index contributed by atoms with van der Waals surface area (Å²) in [6, 6.07) is 11.4. The average Bonchev–Trinajstić information content (AvgIpc) is 3.39. The van der Waals surface area contributed by atoms with Crippen molar-refractivity contribution in [1.29, 1.82) is 0 Å². The zero-order valence-electron chi connectivity index (χ0n) is 16.6. The second-order valence-electron chi connectivity index (χ2n) is 7.21. The Morgan fingerprint density at radius 1 is 1.13 bits per heavy atom. The second kappa shape index (κ2) is 7.14. The smallest absolute Gasteiger partial charge is 0.196 e. The average molecular weight is 419 g/mol. The Bertz CT molecular complexity index is 1390. The molecule has 0 aliphatic rings. The van der Waals surface area contributed by atoms with Crippen molar-refractivity contribution in [3.8, 4) is 16.2 Å². The highest BCUT2D eigenvalue weighted by Crippen LogP contribution is 2.30. The van der Waals surface area contributed by atoms with E-state index >= 15 is 0 Å². The van der Waals surface area contributed by atoms with Crippen LogP contribution in [0.3, 0.4) is 0 Å². The second-order valence-corrected chi connectivity index (χ2v) is 8.02. The highest BCUT2D eigenvalue weighted by molar-refractivity contribution is 7.09. The van der Waals surface area contributed by atoms with Crippen molar-refractivity contribution in [3.05, 3.63) is 71.7 Å². The third-order valence-corrected chi connectivity index (χ3v) is 6.13. The van der Waals surface area contributed by atoms with Crippen LogP contribution < -0.4 is 4.74 Å². The monoisotopic (exact) mass is 419 g/mol. The number of benzene rings is 1. The molecule has 0 saturated heterocycles. The minimum atomic E-state index is -0.406. The molecule has 0 aliphatic heterocycles. The number of hydrogen-bond donors (Lipinski definition) is 0. The third-order valence-electron chi connectivity index (χ3n) is 5.20. The summed E-state index contributed by atoms with van der Waals surface area (Å²) in [7, 11) is 1.62. The molecule has 0 fully saturated rings. The molecule has 6 nitrogen and oxygen atoms in total.